The zero-order valence-electron chi connectivity index (χ0n) is 12.0. The Morgan fingerprint density at radius 1 is 1.42 bits per heavy atom. The third-order valence-electron chi connectivity index (χ3n) is 2.95. The van der Waals surface area contributed by atoms with Crippen LogP contribution in [0.25, 0.3) is 5.69 Å². The van der Waals surface area contributed by atoms with Gasteiger partial charge in [-0.1, -0.05) is 0 Å². The Labute approximate surface area is 147 Å². The molecule has 24 heavy (non-hydrogen) atoms. The number of rotatable bonds is 3. The maximum Gasteiger partial charge on any atom is 0.573 e. The molecule has 0 saturated carbocycles. The number of anilines is 1. The quantitative estimate of drug-likeness (QED) is 0.572. The molecule has 1 aromatic heterocycles. The molecule has 0 atom stereocenters. The van der Waals surface area contributed by atoms with Crippen molar-refractivity contribution in [3.8, 4) is 17.5 Å². The van der Waals surface area contributed by atoms with Crippen LogP contribution >= 0.6 is 22.6 Å². The van der Waals surface area contributed by atoms with E-state index >= 15 is 0 Å². The maximum atomic E-state index is 12.6. The van der Waals surface area contributed by atoms with Gasteiger partial charge in [-0.25, -0.2) is 4.79 Å². The first-order chi connectivity index (χ1) is 11.2. The minimum absolute atomic E-state index is 0.0769. The van der Waals surface area contributed by atoms with Gasteiger partial charge >= 0.3 is 12.3 Å². The average Bonchev–Trinajstić information content (AvgIpc) is 2.81. The van der Waals surface area contributed by atoms with Gasteiger partial charge in [0.1, 0.15) is 6.07 Å². The Morgan fingerprint density at radius 3 is 2.62 bits per heavy atom. The summed E-state index contributed by atoms with van der Waals surface area (Å²) in [4.78, 5) is 11.9. The van der Waals surface area contributed by atoms with Crippen molar-refractivity contribution in [2.24, 2.45) is 0 Å². The predicted octanol–water partition coefficient (Wildman–Crippen LogP) is 3.22. The second-order valence-electron chi connectivity index (χ2n) is 4.44. The summed E-state index contributed by atoms with van der Waals surface area (Å²) in [5.41, 5.74) is 5.08. The van der Waals surface area contributed by atoms with Crippen molar-refractivity contribution in [1.82, 2.24) is 4.57 Å². The smallest absolute Gasteiger partial charge is 0.464 e. The second-order valence-corrected chi connectivity index (χ2v) is 5.68. The lowest BCUT2D eigenvalue weighted by atomic mass is 10.2. The Morgan fingerprint density at radius 2 is 2.08 bits per heavy atom. The number of benzene rings is 1. The number of alkyl halides is 3. The highest BCUT2D eigenvalue weighted by atomic mass is 127. The number of halogens is 4. The normalized spacial score (nSPS) is 11.0. The van der Waals surface area contributed by atoms with E-state index in [1.54, 1.807) is 6.07 Å². The van der Waals surface area contributed by atoms with Crippen LogP contribution in [-0.4, -0.2) is 24.0 Å². The summed E-state index contributed by atoms with van der Waals surface area (Å²) in [5, 5.41) is 9.05. The van der Waals surface area contributed by atoms with Crippen molar-refractivity contribution in [3.05, 3.63) is 39.2 Å². The topological polar surface area (TPSA) is 90.3 Å². The third-order valence-corrected chi connectivity index (χ3v) is 3.62. The fourth-order valence-electron chi connectivity index (χ4n) is 2.00. The summed E-state index contributed by atoms with van der Waals surface area (Å²) in [5.74, 6) is -1.44. The van der Waals surface area contributed by atoms with Crippen molar-refractivity contribution in [3.63, 3.8) is 0 Å². The molecule has 10 heteroatoms. The summed E-state index contributed by atoms with van der Waals surface area (Å²) in [7, 11) is 1.09. The van der Waals surface area contributed by atoms with E-state index < -0.39 is 18.1 Å². The molecule has 2 N–H and O–H groups in total. The van der Waals surface area contributed by atoms with E-state index in [2.05, 4.69) is 9.47 Å². The lowest BCUT2D eigenvalue weighted by Crippen LogP contribution is -2.19. The minimum atomic E-state index is -4.93. The van der Waals surface area contributed by atoms with Crippen molar-refractivity contribution >= 4 is 34.2 Å². The summed E-state index contributed by atoms with van der Waals surface area (Å²) >= 11 is 1.82. The molecule has 0 fully saturated rings. The van der Waals surface area contributed by atoms with Crippen LogP contribution in [0.4, 0.5) is 18.9 Å². The first kappa shape index (κ1) is 17.9. The first-order valence-corrected chi connectivity index (χ1v) is 7.30. The summed E-state index contributed by atoms with van der Waals surface area (Å²) in [6, 6.07) is 5.74. The predicted molar refractivity (Wildman–Crippen MR) is 85.6 cm³/mol. The number of esters is 1. The number of carbonyl (C=O) groups excluding carboxylic acids is 1. The van der Waals surface area contributed by atoms with Gasteiger partial charge in [-0.15, -0.1) is 13.2 Å². The van der Waals surface area contributed by atoms with Crippen LogP contribution in [0.15, 0.2) is 24.4 Å². The molecule has 1 heterocycles. The lowest BCUT2D eigenvalue weighted by molar-refractivity contribution is -0.274. The monoisotopic (exact) mass is 451 g/mol. The molecular formula is C14H9F3IN3O3. The second kappa shape index (κ2) is 6.60. The molecule has 2 rings (SSSR count). The van der Waals surface area contributed by atoms with Gasteiger partial charge in [0.15, 0.2) is 11.4 Å². The van der Waals surface area contributed by atoms with Gasteiger partial charge in [-0.05, 0) is 40.8 Å². The number of nitrogens with zero attached hydrogens (tertiary/aromatic N) is 2. The zero-order chi connectivity index (χ0) is 18.1. The fraction of sp³-hybridized carbons (Fsp3) is 0.143. The molecule has 0 aliphatic rings. The number of nitriles is 1. The van der Waals surface area contributed by atoms with Crippen molar-refractivity contribution in [2.75, 3.05) is 12.8 Å². The molecule has 0 amide bonds. The number of hydrogen-bond donors (Lipinski definition) is 1. The van der Waals surface area contributed by atoms with Crippen molar-refractivity contribution in [1.29, 1.82) is 5.26 Å². The van der Waals surface area contributed by atoms with Gasteiger partial charge < -0.3 is 19.8 Å². The van der Waals surface area contributed by atoms with Crippen LogP contribution in [0.1, 0.15) is 16.1 Å². The highest BCUT2D eigenvalue weighted by molar-refractivity contribution is 14.1. The highest BCUT2D eigenvalue weighted by Crippen LogP contribution is 2.34. The van der Waals surface area contributed by atoms with Gasteiger partial charge in [0.05, 0.1) is 24.0 Å². The van der Waals surface area contributed by atoms with Gasteiger partial charge in [0.2, 0.25) is 0 Å². The maximum absolute atomic E-state index is 12.6. The van der Waals surface area contributed by atoms with Crippen LogP contribution in [0, 0.1) is 14.9 Å². The molecule has 0 saturated heterocycles. The largest absolute Gasteiger partial charge is 0.573 e. The van der Waals surface area contributed by atoms with Gasteiger partial charge in [-0.3, -0.25) is 0 Å². The number of nitrogens with two attached hydrogens (primary N) is 1. The Kier molecular flexibility index (Phi) is 4.93. The van der Waals surface area contributed by atoms with Crippen LogP contribution in [0.5, 0.6) is 5.75 Å². The van der Waals surface area contributed by atoms with Crippen LogP contribution in [-0.2, 0) is 4.74 Å². The summed E-state index contributed by atoms with van der Waals surface area (Å²) in [6.45, 7) is 0. The minimum Gasteiger partial charge on any atom is -0.464 e. The van der Waals surface area contributed by atoms with Crippen LogP contribution in [0.3, 0.4) is 0 Å². The van der Waals surface area contributed by atoms with Gasteiger partial charge in [0.25, 0.3) is 0 Å². The standard InChI is InChI=1S/C14H9F3IN3O3/c1-23-13(22)12-11(20)7(5-19)6-21(12)9-3-2-8(18)4-10(9)24-14(15,16)17/h2-4,6H,20H2,1H3. The Hall–Kier alpha value is -2.42. The molecular weight excluding hydrogens is 442 g/mol. The van der Waals surface area contributed by atoms with Crippen molar-refractivity contribution < 1.29 is 27.4 Å². The Balaban J connectivity index is 2.73. The molecule has 0 bridgehead atoms. The van der Waals surface area contributed by atoms with E-state index in [-0.39, 0.29) is 22.6 Å². The van der Waals surface area contributed by atoms with E-state index in [1.165, 1.54) is 12.1 Å². The zero-order valence-corrected chi connectivity index (χ0v) is 14.2. The molecule has 0 aliphatic heterocycles. The molecule has 0 unspecified atom stereocenters. The number of carbonyl (C=O) groups is 1. The molecule has 0 aliphatic carbocycles. The number of ether oxygens (including phenoxy) is 2. The Bertz CT molecular complexity index is 840. The fourth-order valence-corrected chi connectivity index (χ4v) is 2.46. The SMILES string of the molecule is COC(=O)c1c(N)c(C#N)cn1-c1ccc(I)cc1OC(F)(F)F. The van der Waals surface area contributed by atoms with E-state index in [1.807, 2.05) is 22.6 Å². The number of aromatic nitrogens is 1. The van der Waals surface area contributed by atoms with E-state index in [0.29, 0.717) is 3.57 Å². The molecule has 1 aromatic carbocycles. The van der Waals surface area contributed by atoms with Crippen molar-refractivity contribution in [2.45, 2.75) is 6.36 Å². The van der Waals surface area contributed by atoms with E-state index in [9.17, 15) is 18.0 Å². The van der Waals surface area contributed by atoms with E-state index in [0.717, 1.165) is 23.9 Å². The van der Waals surface area contributed by atoms with Gasteiger partial charge in [-0.2, -0.15) is 5.26 Å². The average molecular weight is 451 g/mol. The number of nitrogen functional groups attached to an aromatic ring is 1. The molecule has 6 nitrogen and oxygen atoms in total. The molecule has 0 spiro atoms. The van der Waals surface area contributed by atoms with Gasteiger partial charge in [0, 0.05) is 9.77 Å². The molecule has 126 valence electrons. The molecule has 2 aromatic rings. The first-order valence-electron chi connectivity index (χ1n) is 6.23. The summed E-state index contributed by atoms with van der Waals surface area (Å²) in [6.07, 6.45) is -3.78. The third kappa shape index (κ3) is 3.56. The van der Waals surface area contributed by atoms with E-state index in [4.69, 9.17) is 11.0 Å². The number of hydrogen-bond acceptors (Lipinski definition) is 5. The summed E-state index contributed by atoms with van der Waals surface area (Å²) < 4.78 is 48.1. The van der Waals surface area contributed by atoms with Crippen LogP contribution < -0.4 is 10.5 Å². The lowest BCUT2D eigenvalue weighted by Gasteiger charge is -2.16. The number of methoxy groups -OCH3 is 1. The highest BCUT2D eigenvalue weighted by Gasteiger charge is 2.33. The van der Waals surface area contributed by atoms with Crippen LogP contribution in [0.2, 0.25) is 0 Å². The molecule has 0 radical (unpaired) electrons.